The Morgan fingerprint density at radius 2 is 1.73 bits per heavy atom. The fraction of sp³-hybridized carbons (Fsp3) is 0.467. The maximum atomic E-state index is 2.31. The van der Waals surface area contributed by atoms with E-state index >= 15 is 0 Å². The number of fused-ring (bicyclic) bond motifs is 1. The fourth-order valence-electron chi connectivity index (χ4n) is 2.34. The van der Waals surface area contributed by atoms with Gasteiger partial charge in [-0.2, -0.15) is 0 Å². The average Bonchev–Trinajstić information content (AvgIpc) is 2.41. The monoisotopic (exact) mass is 200 g/mol. The molecule has 1 aliphatic rings. The lowest BCUT2D eigenvalue weighted by Crippen LogP contribution is -2.16. The van der Waals surface area contributed by atoms with Crippen molar-refractivity contribution in [3.63, 3.8) is 0 Å². The summed E-state index contributed by atoms with van der Waals surface area (Å²) in [5.74, 6) is 0. The van der Waals surface area contributed by atoms with Crippen LogP contribution in [0.1, 0.15) is 51.3 Å². The lowest BCUT2D eigenvalue weighted by molar-refractivity contribution is 0.585. The van der Waals surface area contributed by atoms with Crippen molar-refractivity contribution in [2.45, 2.75) is 45.4 Å². The van der Waals surface area contributed by atoms with Crippen LogP contribution < -0.4 is 0 Å². The van der Waals surface area contributed by atoms with E-state index in [-0.39, 0.29) is 10.8 Å². The second-order valence-corrected chi connectivity index (χ2v) is 6.07. The number of allylic oxidation sites excluding steroid dienone is 1. The van der Waals surface area contributed by atoms with Gasteiger partial charge in [0.1, 0.15) is 0 Å². The van der Waals surface area contributed by atoms with Crippen LogP contribution in [0.25, 0.3) is 6.08 Å². The van der Waals surface area contributed by atoms with Crippen LogP contribution in [0.5, 0.6) is 0 Å². The average molecular weight is 200 g/mol. The zero-order valence-electron chi connectivity index (χ0n) is 10.4. The minimum absolute atomic E-state index is 0.205. The molecule has 2 rings (SSSR count). The molecule has 0 saturated carbocycles. The van der Waals surface area contributed by atoms with Crippen molar-refractivity contribution in [2.24, 2.45) is 0 Å². The summed E-state index contributed by atoms with van der Waals surface area (Å²) in [5.41, 5.74) is 4.80. The van der Waals surface area contributed by atoms with Gasteiger partial charge in [-0.25, -0.2) is 0 Å². The first-order chi connectivity index (χ1) is 6.82. The molecule has 1 aromatic carbocycles. The van der Waals surface area contributed by atoms with Gasteiger partial charge in [-0.1, -0.05) is 65.0 Å². The van der Waals surface area contributed by atoms with Gasteiger partial charge in [0.15, 0.2) is 0 Å². The molecular formula is C15H20. The topological polar surface area (TPSA) is 0 Å². The van der Waals surface area contributed by atoms with Gasteiger partial charge in [0, 0.05) is 5.41 Å². The lowest BCUT2D eigenvalue weighted by Gasteiger charge is -2.25. The molecule has 0 N–H and O–H groups in total. The van der Waals surface area contributed by atoms with E-state index < -0.39 is 0 Å². The van der Waals surface area contributed by atoms with E-state index in [0.717, 1.165) is 0 Å². The van der Waals surface area contributed by atoms with Crippen LogP contribution >= 0.6 is 0 Å². The van der Waals surface area contributed by atoms with Gasteiger partial charge >= 0.3 is 0 Å². The largest absolute Gasteiger partial charge is 0.0738 e. The number of hydrogen-bond donors (Lipinski definition) is 0. The van der Waals surface area contributed by atoms with E-state index in [0.29, 0.717) is 0 Å². The molecule has 0 spiro atoms. The predicted octanol–water partition coefficient (Wildman–Crippen LogP) is 4.29. The van der Waals surface area contributed by atoms with Gasteiger partial charge in [0.2, 0.25) is 0 Å². The maximum Gasteiger partial charge on any atom is 0.00846 e. The molecule has 0 saturated heterocycles. The molecule has 15 heavy (non-hydrogen) atoms. The molecule has 0 amide bonds. The van der Waals surface area contributed by atoms with Crippen molar-refractivity contribution < 1.29 is 0 Å². The molecule has 0 radical (unpaired) electrons. The summed E-state index contributed by atoms with van der Waals surface area (Å²) >= 11 is 0. The van der Waals surface area contributed by atoms with Gasteiger partial charge in [0.25, 0.3) is 0 Å². The second-order valence-electron chi connectivity index (χ2n) is 6.07. The SMILES string of the molecule is CC(C)(C)c1cccc2c1C=CC2(C)C. The van der Waals surface area contributed by atoms with Crippen molar-refractivity contribution >= 4 is 6.08 Å². The summed E-state index contributed by atoms with van der Waals surface area (Å²) in [7, 11) is 0. The number of rotatable bonds is 0. The Balaban J connectivity index is 2.65. The highest BCUT2D eigenvalue weighted by Gasteiger charge is 2.28. The fourth-order valence-corrected chi connectivity index (χ4v) is 2.34. The quantitative estimate of drug-likeness (QED) is 0.586. The molecule has 0 bridgehead atoms. The summed E-state index contributed by atoms with van der Waals surface area (Å²) in [5, 5.41) is 0. The summed E-state index contributed by atoms with van der Waals surface area (Å²) in [6.45, 7) is 11.4. The molecule has 1 aliphatic carbocycles. The van der Waals surface area contributed by atoms with E-state index in [1.54, 1.807) is 0 Å². The molecule has 0 fully saturated rings. The molecule has 0 unspecified atom stereocenters. The zero-order valence-corrected chi connectivity index (χ0v) is 10.4. The van der Waals surface area contributed by atoms with Crippen molar-refractivity contribution in [3.8, 4) is 0 Å². The van der Waals surface area contributed by atoms with Crippen LogP contribution in [0, 0.1) is 0 Å². The minimum Gasteiger partial charge on any atom is -0.0738 e. The molecule has 1 aromatic rings. The standard InChI is InChI=1S/C15H20/c1-14(2,3)12-7-6-8-13-11(12)9-10-15(13,4)5/h6-10H,1-5H3. The van der Waals surface area contributed by atoms with E-state index in [9.17, 15) is 0 Å². The van der Waals surface area contributed by atoms with Crippen molar-refractivity contribution in [1.29, 1.82) is 0 Å². The van der Waals surface area contributed by atoms with Gasteiger partial charge in [-0.15, -0.1) is 0 Å². The Morgan fingerprint density at radius 3 is 2.33 bits per heavy atom. The highest BCUT2D eigenvalue weighted by Crippen LogP contribution is 2.40. The second kappa shape index (κ2) is 2.98. The number of hydrogen-bond acceptors (Lipinski definition) is 0. The summed E-state index contributed by atoms with van der Waals surface area (Å²) in [6.07, 6.45) is 4.60. The minimum atomic E-state index is 0.205. The highest BCUT2D eigenvalue weighted by atomic mass is 14.3. The normalized spacial score (nSPS) is 17.9. The van der Waals surface area contributed by atoms with Crippen LogP contribution in [0.15, 0.2) is 24.3 Å². The van der Waals surface area contributed by atoms with Crippen LogP contribution in [0.4, 0.5) is 0 Å². The van der Waals surface area contributed by atoms with Gasteiger partial charge in [-0.3, -0.25) is 0 Å². The van der Waals surface area contributed by atoms with Crippen LogP contribution in [-0.2, 0) is 10.8 Å². The third-order valence-electron chi connectivity index (χ3n) is 3.27. The Kier molecular flexibility index (Phi) is 2.08. The Hall–Kier alpha value is -1.04. The Morgan fingerprint density at radius 1 is 1.07 bits per heavy atom. The number of benzene rings is 1. The van der Waals surface area contributed by atoms with Gasteiger partial charge in [0.05, 0.1) is 0 Å². The molecule has 0 nitrogen and oxygen atoms in total. The summed E-state index contributed by atoms with van der Waals surface area (Å²) < 4.78 is 0. The molecule has 0 heteroatoms. The molecule has 0 atom stereocenters. The third kappa shape index (κ3) is 1.62. The lowest BCUT2D eigenvalue weighted by atomic mass is 9.79. The summed E-state index contributed by atoms with van der Waals surface area (Å²) in [4.78, 5) is 0. The van der Waals surface area contributed by atoms with Crippen molar-refractivity contribution in [3.05, 3.63) is 41.0 Å². The molecule has 0 aliphatic heterocycles. The van der Waals surface area contributed by atoms with Crippen molar-refractivity contribution in [2.75, 3.05) is 0 Å². The van der Waals surface area contributed by atoms with Crippen molar-refractivity contribution in [1.82, 2.24) is 0 Å². The first-order valence-electron chi connectivity index (χ1n) is 5.65. The van der Waals surface area contributed by atoms with Gasteiger partial charge in [-0.05, 0) is 22.1 Å². The predicted molar refractivity (Wildman–Crippen MR) is 67.2 cm³/mol. The van der Waals surface area contributed by atoms with Crippen LogP contribution in [0.2, 0.25) is 0 Å². The van der Waals surface area contributed by atoms with Crippen LogP contribution in [0.3, 0.4) is 0 Å². The third-order valence-corrected chi connectivity index (χ3v) is 3.27. The molecular weight excluding hydrogens is 180 g/mol. The smallest absolute Gasteiger partial charge is 0.00846 e. The molecule has 0 aromatic heterocycles. The molecule has 80 valence electrons. The first-order valence-corrected chi connectivity index (χ1v) is 5.65. The van der Waals surface area contributed by atoms with E-state index in [4.69, 9.17) is 0 Å². The first kappa shape index (κ1) is 10.5. The summed E-state index contributed by atoms with van der Waals surface area (Å²) in [6, 6.07) is 6.70. The Bertz CT molecular complexity index is 414. The highest BCUT2D eigenvalue weighted by molar-refractivity contribution is 5.68. The Labute approximate surface area is 93.0 Å². The van der Waals surface area contributed by atoms with E-state index in [1.807, 2.05) is 0 Å². The van der Waals surface area contributed by atoms with E-state index in [1.165, 1.54) is 16.7 Å². The van der Waals surface area contributed by atoms with E-state index in [2.05, 4.69) is 65.0 Å². The maximum absolute atomic E-state index is 2.31. The zero-order chi connectivity index (χ0) is 11.3. The van der Waals surface area contributed by atoms with Crippen LogP contribution in [-0.4, -0.2) is 0 Å². The molecule has 0 heterocycles. The van der Waals surface area contributed by atoms with Gasteiger partial charge < -0.3 is 0 Å².